The molecule has 3 nitrogen and oxygen atoms in total. The molecule has 0 saturated carbocycles. The fourth-order valence-corrected chi connectivity index (χ4v) is 5.85. The van der Waals surface area contributed by atoms with Crippen molar-refractivity contribution in [1.29, 1.82) is 0 Å². The minimum absolute atomic E-state index is 0.126. The first-order valence-electron chi connectivity index (χ1n) is 14.2. The Hall–Kier alpha value is -5.82. The van der Waals surface area contributed by atoms with Crippen molar-refractivity contribution in [3.8, 4) is 28.4 Å². The molecule has 6 aromatic rings. The zero-order valence-corrected chi connectivity index (χ0v) is 24.9. The minimum Gasteiger partial charge on any atom is -0.487 e. The van der Waals surface area contributed by atoms with Crippen molar-refractivity contribution in [3.63, 3.8) is 0 Å². The van der Waals surface area contributed by atoms with Crippen LogP contribution in [0.5, 0.6) is 17.2 Å². The Bertz CT molecular complexity index is 2620. The molecule has 0 aliphatic heterocycles. The standard InChI is InChI=1S/C33H7BF16O3/c35-9-3-1-2-7-6-8-13(12(7)9)22(41)28(47)30(49)32(8)52-34(51-11-5-4-10(36)18(37)19(11)38)53-33-17-16(25(44)29(48)31(33)50)20(39)14-15(21(17)40)24(43)27(46)26(45)23(14)42/h1-5H,6H2. The van der Waals surface area contributed by atoms with Crippen LogP contribution < -0.4 is 14.0 Å². The molecule has 0 unspecified atom stereocenters. The van der Waals surface area contributed by atoms with Crippen molar-refractivity contribution in [1.82, 2.24) is 0 Å². The summed E-state index contributed by atoms with van der Waals surface area (Å²) in [7, 11) is -3.32. The van der Waals surface area contributed by atoms with Crippen molar-refractivity contribution >= 4 is 28.9 Å². The van der Waals surface area contributed by atoms with Crippen LogP contribution in [0, 0.1) is 93.1 Å². The van der Waals surface area contributed by atoms with Gasteiger partial charge in [0.1, 0.15) is 29.0 Å². The molecule has 0 atom stereocenters. The maximum atomic E-state index is 15.9. The molecule has 272 valence electrons. The van der Waals surface area contributed by atoms with E-state index in [0.717, 1.165) is 12.1 Å². The molecular formula is C33H7BF16O3. The topological polar surface area (TPSA) is 27.7 Å². The van der Waals surface area contributed by atoms with Crippen molar-refractivity contribution in [2.75, 3.05) is 0 Å². The van der Waals surface area contributed by atoms with Crippen molar-refractivity contribution in [2.45, 2.75) is 6.42 Å². The van der Waals surface area contributed by atoms with E-state index in [1.165, 1.54) is 6.07 Å². The highest BCUT2D eigenvalue weighted by atomic mass is 19.2. The van der Waals surface area contributed by atoms with Gasteiger partial charge in [-0.1, -0.05) is 12.1 Å². The molecule has 7 rings (SSSR count). The van der Waals surface area contributed by atoms with E-state index < -0.39 is 162 Å². The van der Waals surface area contributed by atoms with Gasteiger partial charge in [0, 0.05) is 23.1 Å². The summed E-state index contributed by atoms with van der Waals surface area (Å²) in [4.78, 5) is 0. The quantitative estimate of drug-likeness (QED) is 0.0555. The first-order valence-corrected chi connectivity index (χ1v) is 14.2. The molecule has 0 spiro atoms. The van der Waals surface area contributed by atoms with Gasteiger partial charge in [0.2, 0.25) is 17.5 Å². The summed E-state index contributed by atoms with van der Waals surface area (Å²) in [5.74, 6) is -43.8. The highest BCUT2D eigenvalue weighted by molar-refractivity contribution is 6.40. The van der Waals surface area contributed by atoms with E-state index in [9.17, 15) is 43.9 Å². The molecule has 0 heterocycles. The van der Waals surface area contributed by atoms with Crippen LogP contribution in [-0.2, 0) is 6.42 Å². The lowest BCUT2D eigenvalue weighted by molar-refractivity contribution is 0.278. The molecule has 0 fully saturated rings. The monoisotopic (exact) mass is 766 g/mol. The highest BCUT2D eigenvalue weighted by Crippen LogP contribution is 2.48. The maximum absolute atomic E-state index is 15.9. The summed E-state index contributed by atoms with van der Waals surface area (Å²) >= 11 is 0. The molecule has 6 aromatic carbocycles. The van der Waals surface area contributed by atoms with Crippen LogP contribution in [0.2, 0.25) is 0 Å². The predicted octanol–water partition coefficient (Wildman–Crippen LogP) is 10.3. The number of benzene rings is 6. The van der Waals surface area contributed by atoms with Gasteiger partial charge < -0.3 is 14.0 Å². The SMILES string of the molecule is Fc1ccc(OB(Oc2c(F)c(F)c(F)c3c2Cc2cccc(F)c2-3)Oc2c(F)c(F)c(F)c3c(F)c4c(F)c(F)c(F)c(F)c4c(F)c23)c(F)c1F. The third-order valence-electron chi connectivity index (χ3n) is 8.17. The molecule has 0 N–H and O–H groups in total. The first-order chi connectivity index (χ1) is 25.0. The molecule has 0 saturated heterocycles. The van der Waals surface area contributed by atoms with Gasteiger partial charge in [0.15, 0.2) is 63.9 Å². The number of halogens is 16. The molecule has 0 bridgehead atoms. The Kier molecular flexibility index (Phi) is 8.33. The molecule has 20 heteroatoms. The molecule has 53 heavy (non-hydrogen) atoms. The maximum Gasteiger partial charge on any atom is 0.864 e. The lowest BCUT2D eigenvalue weighted by atomic mass is 9.98. The van der Waals surface area contributed by atoms with E-state index in [0.29, 0.717) is 0 Å². The molecule has 0 radical (unpaired) electrons. The smallest absolute Gasteiger partial charge is 0.487 e. The molecule has 0 aromatic heterocycles. The summed E-state index contributed by atoms with van der Waals surface area (Å²) in [6, 6.07) is 3.50. The Morgan fingerprint density at radius 3 is 1.51 bits per heavy atom. The number of hydrogen-bond donors (Lipinski definition) is 0. The fraction of sp³-hybridized carbons (Fsp3) is 0.0303. The molecule has 1 aliphatic rings. The zero-order chi connectivity index (χ0) is 38.5. The molecule has 0 amide bonds. The highest BCUT2D eigenvalue weighted by Gasteiger charge is 2.42. The summed E-state index contributed by atoms with van der Waals surface area (Å²) in [6.45, 7) is 0. The Labute approximate surface area is 282 Å². The third-order valence-corrected chi connectivity index (χ3v) is 8.17. The van der Waals surface area contributed by atoms with Gasteiger partial charge in [0.25, 0.3) is 0 Å². The lowest BCUT2D eigenvalue weighted by Gasteiger charge is -2.21. The molecular weight excluding hydrogens is 759 g/mol. The normalized spacial score (nSPS) is 12.1. The van der Waals surface area contributed by atoms with Crippen LogP contribution in [0.15, 0.2) is 30.3 Å². The molecule has 1 aliphatic carbocycles. The van der Waals surface area contributed by atoms with Crippen molar-refractivity contribution < 1.29 is 84.2 Å². The van der Waals surface area contributed by atoms with Gasteiger partial charge in [-0.25, -0.2) is 57.1 Å². The number of fused-ring (bicyclic) bond motifs is 5. The van der Waals surface area contributed by atoms with Gasteiger partial charge in [-0.3, -0.25) is 0 Å². The summed E-state index contributed by atoms with van der Waals surface area (Å²) < 4.78 is 252. The average Bonchev–Trinajstić information content (AvgIpc) is 3.53. The first kappa shape index (κ1) is 35.6. The van der Waals surface area contributed by atoms with Crippen LogP contribution in [0.1, 0.15) is 11.1 Å². The van der Waals surface area contributed by atoms with Crippen molar-refractivity contribution in [3.05, 3.63) is 135 Å². The van der Waals surface area contributed by atoms with Gasteiger partial charge in [-0.2, -0.15) is 13.2 Å². The van der Waals surface area contributed by atoms with Crippen LogP contribution in [-0.4, -0.2) is 7.32 Å². The Balaban J connectivity index is 1.49. The van der Waals surface area contributed by atoms with E-state index in [4.69, 9.17) is 14.0 Å². The van der Waals surface area contributed by atoms with Crippen LogP contribution in [0.3, 0.4) is 0 Å². The van der Waals surface area contributed by atoms with Gasteiger partial charge >= 0.3 is 7.32 Å². The van der Waals surface area contributed by atoms with E-state index in [2.05, 4.69) is 0 Å². The average molecular weight is 766 g/mol. The Morgan fingerprint density at radius 1 is 0.377 bits per heavy atom. The second kappa shape index (κ2) is 12.4. The fourth-order valence-electron chi connectivity index (χ4n) is 5.85. The summed E-state index contributed by atoms with van der Waals surface area (Å²) in [5, 5.41) is -8.58. The van der Waals surface area contributed by atoms with Crippen molar-refractivity contribution in [2.24, 2.45) is 0 Å². The number of hydrogen-bond acceptors (Lipinski definition) is 3. The second-order valence-electron chi connectivity index (χ2n) is 11.0. The minimum atomic E-state index is -3.32. The van der Waals surface area contributed by atoms with Gasteiger partial charge in [-0.15, -0.1) is 0 Å². The number of rotatable bonds is 6. The predicted molar refractivity (Wildman–Crippen MR) is 150 cm³/mol. The largest absolute Gasteiger partial charge is 0.864 e. The Morgan fingerprint density at radius 2 is 0.887 bits per heavy atom. The summed E-state index contributed by atoms with van der Waals surface area (Å²) in [6.07, 6.45) is -0.695. The van der Waals surface area contributed by atoms with Gasteiger partial charge in [0.05, 0.1) is 21.5 Å². The summed E-state index contributed by atoms with van der Waals surface area (Å²) in [5.41, 5.74) is -2.52. The van der Waals surface area contributed by atoms with E-state index in [1.54, 1.807) is 0 Å². The zero-order valence-electron chi connectivity index (χ0n) is 24.9. The third kappa shape index (κ3) is 5.08. The van der Waals surface area contributed by atoms with E-state index in [1.807, 2.05) is 0 Å². The van der Waals surface area contributed by atoms with E-state index in [-0.39, 0.29) is 17.7 Å². The van der Waals surface area contributed by atoms with Crippen LogP contribution >= 0.6 is 0 Å². The van der Waals surface area contributed by atoms with Crippen LogP contribution in [0.4, 0.5) is 70.2 Å². The lowest BCUT2D eigenvalue weighted by Crippen LogP contribution is -2.38. The second-order valence-corrected chi connectivity index (χ2v) is 11.0. The van der Waals surface area contributed by atoms with E-state index >= 15 is 26.3 Å². The van der Waals surface area contributed by atoms with Gasteiger partial charge in [-0.05, 0) is 23.8 Å². The van der Waals surface area contributed by atoms with Crippen LogP contribution in [0.25, 0.3) is 32.7 Å².